The number of benzene rings is 1. The molecule has 1 saturated carbocycles. The molecule has 1 aromatic rings. The van der Waals surface area contributed by atoms with E-state index in [1.54, 1.807) is 7.11 Å². The summed E-state index contributed by atoms with van der Waals surface area (Å²) in [7, 11) is 1.71. The SMILES string of the molecule is COc1ccc(Br)cc1[C@@H](N)C1CCCCC1.Cl. The van der Waals surface area contributed by atoms with Crippen LogP contribution in [-0.2, 0) is 0 Å². The summed E-state index contributed by atoms with van der Waals surface area (Å²) < 4.78 is 6.48. The molecule has 2 rings (SSSR count). The van der Waals surface area contributed by atoms with Gasteiger partial charge in [-0.05, 0) is 37.0 Å². The van der Waals surface area contributed by atoms with E-state index in [4.69, 9.17) is 10.5 Å². The van der Waals surface area contributed by atoms with Gasteiger partial charge in [0.25, 0.3) is 0 Å². The largest absolute Gasteiger partial charge is 0.496 e. The maximum absolute atomic E-state index is 6.41. The highest BCUT2D eigenvalue weighted by Gasteiger charge is 2.24. The monoisotopic (exact) mass is 333 g/mol. The van der Waals surface area contributed by atoms with Crippen LogP contribution >= 0.6 is 28.3 Å². The Morgan fingerprint density at radius 1 is 1.28 bits per heavy atom. The zero-order valence-electron chi connectivity index (χ0n) is 10.7. The van der Waals surface area contributed by atoms with Gasteiger partial charge in [-0.25, -0.2) is 0 Å². The van der Waals surface area contributed by atoms with Crippen LogP contribution in [0.5, 0.6) is 5.75 Å². The van der Waals surface area contributed by atoms with Crippen molar-refractivity contribution >= 4 is 28.3 Å². The highest BCUT2D eigenvalue weighted by Crippen LogP contribution is 2.37. The minimum absolute atomic E-state index is 0. The van der Waals surface area contributed by atoms with Gasteiger partial charge in [-0.1, -0.05) is 35.2 Å². The fraction of sp³-hybridized carbons (Fsp3) is 0.571. The minimum atomic E-state index is 0. The summed E-state index contributed by atoms with van der Waals surface area (Å²) in [5.74, 6) is 1.51. The van der Waals surface area contributed by atoms with Crippen LogP contribution in [0.3, 0.4) is 0 Å². The molecule has 4 heteroatoms. The third-order valence-electron chi connectivity index (χ3n) is 3.71. The van der Waals surface area contributed by atoms with E-state index in [0.29, 0.717) is 5.92 Å². The van der Waals surface area contributed by atoms with Crippen LogP contribution in [0.4, 0.5) is 0 Å². The number of hydrogen-bond acceptors (Lipinski definition) is 2. The topological polar surface area (TPSA) is 35.2 Å². The van der Waals surface area contributed by atoms with Gasteiger partial charge in [0.15, 0.2) is 0 Å². The van der Waals surface area contributed by atoms with E-state index >= 15 is 0 Å². The van der Waals surface area contributed by atoms with Gasteiger partial charge >= 0.3 is 0 Å². The molecule has 0 unspecified atom stereocenters. The Bertz CT molecular complexity index is 380. The van der Waals surface area contributed by atoms with Crippen molar-refractivity contribution in [3.63, 3.8) is 0 Å². The molecule has 2 N–H and O–H groups in total. The van der Waals surface area contributed by atoms with Crippen LogP contribution in [0.1, 0.15) is 43.7 Å². The summed E-state index contributed by atoms with van der Waals surface area (Å²) in [6, 6.07) is 6.18. The lowest BCUT2D eigenvalue weighted by Gasteiger charge is -2.28. The number of halogens is 2. The number of hydrogen-bond donors (Lipinski definition) is 1. The lowest BCUT2D eigenvalue weighted by atomic mass is 9.81. The van der Waals surface area contributed by atoms with E-state index in [1.807, 2.05) is 12.1 Å². The quantitative estimate of drug-likeness (QED) is 0.885. The van der Waals surface area contributed by atoms with Crippen LogP contribution in [-0.4, -0.2) is 7.11 Å². The lowest BCUT2D eigenvalue weighted by molar-refractivity contribution is 0.301. The molecule has 102 valence electrons. The first kappa shape index (κ1) is 15.8. The standard InChI is InChI=1S/C14H20BrNO.ClH/c1-17-13-8-7-11(15)9-12(13)14(16)10-5-3-2-4-6-10;/h7-10,14H,2-6,16H2,1H3;1H/t14-;/m0./s1. The average Bonchev–Trinajstić information content (AvgIpc) is 2.39. The fourth-order valence-corrected chi connectivity index (χ4v) is 3.09. The molecule has 0 radical (unpaired) electrons. The van der Waals surface area contributed by atoms with E-state index in [0.717, 1.165) is 15.8 Å². The zero-order chi connectivity index (χ0) is 12.3. The Morgan fingerprint density at radius 2 is 1.94 bits per heavy atom. The van der Waals surface area contributed by atoms with Gasteiger partial charge < -0.3 is 10.5 Å². The van der Waals surface area contributed by atoms with Crippen LogP contribution < -0.4 is 10.5 Å². The smallest absolute Gasteiger partial charge is 0.123 e. The average molecular weight is 335 g/mol. The highest BCUT2D eigenvalue weighted by molar-refractivity contribution is 9.10. The number of ether oxygens (including phenoxy) is 1. The first-order valence-corrected chi connectivity index (χ1v) is 7.10. The first-order valence-electron chi connectivity index (χ1n) is 6.31. The molecule has 0 aliphatic heterocycles. The van der Waals surface area contributed by atoms with E-state index in [-0.39, 0.29) is 18.4 Å². The zero-order valence-corrected chi connectivity index (χ0v) is 13.1. The van der Waals surface area contributed by atoms with Crippen molar-refractivity contribution in [2.75, 3.05) is 7.11 Å². The molecule has 2 nitrogen and oxygen atoms in total. The van der Waals surface area contributed by atoms with Crippen LogP contribution in [0.15, 0.2) is 22.7 Å². The molecule has 0 heterocycles. The first-order chi connectivity index (χ1) is 8.22. The Labute approximate surface area is 124 Å². The molecule has 0 amide bonds. The van der Waals surface area contributed by atoms with Gasteiger partial charge in [0.05, 0.1) is 7.11 Å². The summed E-state index contributed by atoms with van der Waals surface area (Å²) in [5, 5.41) is 0. The summed E-state index contributed by atoms with van der Waals surface area (Å²) in [5.41, 5.74) is 7.55. The third kappa shape index (κ3) is 3.62. The van der Waals surface area contributed by atoms with Crippen LogP contribution in [0.25, 0.3) is 0 Å². The van der Waals surface area contributed by atoms with E-state index in [2.05, 4.69) is 22.0 Å². The lowest BCUT2D eigenvalue weighted by Crippen LogP contribution is -2.24. The number of methoxy groups -OCH3 is 1. The van der Waals surface area contributed by atoms with Crippen molar-refractivity contribution in [3.8, 4) is 5.75 Å². The van der Waals surface area contributed by atoms with Crippen molar-refractivity contribution in [2.24, 2.45) is 11.7 Å². The van der Waals surface area contributed by atoms with E-state index < -0.39 is 0 Å². The van der Waals surface area contributed by atoms with Crippen molar-refractivity contribution < 1.29 is 4.74 Å². The number of rotatable bonds is 3. The molecule has 1 fully saturated rings. The van der Waals surface area contributed by atoms with E-state index in [9.17, 15) is 0 Å². The van der Waals surface area contributed by atoms with Crippen LogP contribution in [0, 0.1) is 5.92 Å². The minimum Gasteiger partial charge on any atom is -0.496 e. The Kier molecular flexibility index (Phi) is 6.47. The van der Waals surface area contributed by atoms with E-state index in [1.165, 1.54) is 32.1 Å². The van der Waals surface area contributed by atoms with Gasteiger partial charge in [-0.2, -0.15) is 0 Å². The second-order valence-electron chi connectivity index (χ2n) is 4.81. The third-order valence-corrected chi connectivity index (χ3v) is 4.20. The number of nitrogens with two attached hydrogens (primary N) is 1. The molecule has 1 aliphatic carbocycles. The molecular weight excluding hydrogens is 314 g/mol. The molecule has 1 aromatic carbocycles. The molecule has 0 saturated heterocycles. The van der Waals surface area contributed by atoms with Crippen LogP contribution in [0.2, 0.25) is 0 Å². The maximum atomic E-state index is 6.41. The Hall–Kier alpha value is -0.250. The normalized spacial score (nSPS) is 17.9. The van der Waals surface area contributed by atoms with Crippen molar-refractivity contribution in [1.82, 2.24) is 0 Å². The maximum Gasteiger partial charge on any atom is 0.123 e. The summed E-state index contributed by atoms with van der Waals surface area (Å²) >= 11 is 3.51. The van der Waals surface area contributed by atoms with Crippen molar-refractivity contribution in [2.45, 2.75) is 38.1 Å². The van der Waals surface area contributed by atoms with Gasteiger partial charge in [-0.15, -0.1) is 12.4 Å². The second-order valence-corrected chi connectivity index (χ2v) is 5.73. The fourth-order valence-electron chi connectivity index (χ4n) is 2.71. The summed E-state index contributed by atoms with van der Waals surface area (Å²) in [6.07, 6.45) is 6.48. The second kappa shape index (κ2) is 7.37. The van der Waals surface area contributed by atoms with Gasteiger partial charge in [0.1, 0.15) is 5.75 Å². The molecule has 1 atom stereocenters. The molecule has 18 heavy (non-hydrogen) atoms. The molecular formula is C14H21BrClNO. The molecule has 0 spiro atoms. The molecule has 0 bridgehead atoms. The molecule has 1 aliphatic rings. The van der Waals surface area contributed by atoms with Crippen molar-refractivity contribution in [3.05, 3.63) is 28.2 Å². The van der Waals surface area contributed by atoms with Gasteiger partial charge in [0.2, 0.25) is 0 Å². The Balaban J connectivity index is 0.00000162. The summed E-state index contributed by atoms with van der Waals surface area (Å²) in [4.78, 5) is 0. The predicted molar refractivity (Wildman–Crippen MR) is 81.4 cm³/mol. The summed E-state index contributed by atoms with van der Waals surface area (Å²) in [6.45, 7) is 0. The van der Waals surface area contributed by atoms with Gasteiger partial charge in [-0.3, -0.25) is 0 Å². The Morgan fingerprint density at radius 3 is 2.56 bits per heavy atom. The highest BCUT2D eigenvalue weighted by atomic mass is 79.9. The predicted octanol–water partition coefficient (Wildman–Crippen LogP) is 4.46. The van der Waals surface area contributed by atoms with Crippen molar-refractivity contribution in [1.29, 1.82) is 0 Å². The molecule has 0 aromatic heterocycles. The van der Waals surface area contributed by atoms with Gasteiger partial charge in [0, 0.05) is 16.1 Å².